The summed E-state index contributed by atoms with van der Waals surface area (Å²) in [4.78, 5) is 56.0. The number of aryl methyl sites for hydroxylation is 1. The van der Waals surface area contributed by atoms with Gasteiger partial charge in [0.1, 0.15) is 6.61 Å². The highest BCUT2D eigenvalue weighted by molar-refractivity contribution is 7.09. The Labute approximate surface area is 197 Å². The van der Waals surface area contributed by atoms with Crippen molar-refractivity contribution in [2.45, 2.75) is 52.2 Å². The van der Waals surface area contributed by atoms with Crippen molar-refractivity contribution in [3.8, 4) is 0 Å². The molecule has 0 radical (unpaired) electrons. The molecule has 0 saturated heterocycles. The number of carbonyl (C=O) groups excluding carboxylic acids is 4. The number of nitrogens with zero attached hydrogens (tertiary/aromatic N) is 1. The maximum Gasteiger partial charge on any atom is 0.408 e. The highest BCUT2D eigenvalue weighted by Crippen LogP contribution is 2.23. The first-order valence-electron chi connectivity index (χ1n) is 11.1. The Hall–Kier alpha value is -3.07. The van der Waals surface area contributed by atoms with E-state index < -0.39 is 29.7 Å². The first-order chi connectivity index (χ1) is 15.8. The number of Topliss-reactive ketones (excluding diaryl/α,β-unsaturated/α-hetero) is 2. The molecule has 2 aromatic rings. The van der Waals surface area contributed by atoms with Crippen LogP contribution in [0.3, 0.4) is 0 Å². The van der Waals surface area contributed by atoms with Gasteiger partial charge in [0.2, 0.25) is 5.78 Å². The van der Waals surface area contributed by atoms with Crippen LogP contribution in [0.15, 0.2) is 35.8 Å². The third kappa shape index (κ3) is 6.95. The summed E-state index contributed by atoms with van der Waals surface area (Å²) in [6.45, 7) is 4.09. The molecule has 2 amide bonds. The van der Waals surface area contributed by atoms with Gasteiger partial charge in [-0.3, -0.25) is 14.4 Å². The fourth-order valence-electron chi connectivity index (χ4n) is 3.76. The second kappa shape index (κ2) is 11.7. The first-order valence-corrected chi connectivity index (χ1v) is 12.0. The van der Waals surface area contributed by atoms with Crippen molar-refractivity contribution in [2.75, 3.05) is 6.54 Å². The van der Waals surface area contributed by atoms with E-state index in [1.54, 1.807) is 19.4 Å². The van der Waals surface area contributed by atoms with Gasteiger partial charge < -0.3 is 15.4 Å². The van der Waals surface area contributed by atoms with Crippen molar-refractivity contribution < 1.29 is 23.9 Å². The van der Waals surface area contributed by atoms with Crippen LogP contribution in [-0.2, 0) is 38.6 Å². The number of thiazole rings is 1. The number of hydrogen-bond donors (Lipinski definition) is 2. The van der Waals surface area contributed by atoms with E-state index in [2.05, 4.69) is 15.6 Å². The van der Waals surface area contributed by atoms with Crippen LogP contribution in [0.4, 0.5) is 4.79 Å². The molecule has 3 rings (SSSR count). The quantitative estimate of drug-likeness (QED) is 0.600. The molecule has 33 heavy (non-hydrogen) atoms. The van der Waals surface area contributed by atoms with Crippen LogP contribution >= 0.6 is 11.3 Å². The first kappa shape index (κ1) is 24.6. The van der Waals surface area contributed by atoms with Crippen LogP contribution in [0, 0.1) is 11.8 Å². The van der Waals surface area contributed by atoms with Gasteiger partial charge in [-0.1, -0.05) is 44.2 Å². The summed E-state index contributed by atoms with van der Waals surface area (Å²) in [5.41, 5.74) is 3.32. The average molecular weight is 472 g/mol. The molecule has 0 fully saturated rings. The number of ether oxygens (including phenoxy) is 1. The lowest BCUT2D eigenvalue weighted by Crippen LogP contribution is -2.46. The normalized spacial score (nSPS) is 17.6. The van der Waals surface area contributed by atoms with Gasteiger partial charge in [-0.25, -0.2) is 9.78 Å². The van der Waals surface area contributed by atoms with E-state index in [1.165, 1.54) is 11.3 Å². The number of rotatable bonds is 7. The molecular formula is C24H29N3O5S. The molecule has 0 saturated carbocycles. The molecule has 1 aliphatic heterocycles. The van der Waals surface area contributed by atoms with E-state index in [0.29, 0.717) is 6.54 Å². The highest BCUT2D eigenvalue weighted by atomic mass is 32.1. The number of nitrogens with one attached hydrogen (secondary N) is 2. The van der Waals surface area contributed by atoms with Gasteiger partial charge >= 0.3 is 6.09 Å². The molecule has 2 heterocycles. The standard InChI is InChI=1S/C24H29N3O5S/c1-15(2)21(27-24(31)32-13-16-7-4-3-5-8-16)19(28)12-17-11-18-20(33-14-26-18)9-6-10-25-23(30)22(17)29/h3-5,7-8,14-15,17,21H,6,9-13H2,1-2H3,(H,25,30)(H,27,31). The molecule has 0 spiro atoms. The van der Waals surface area contributed by atoms with Gasteiger partial charge in [0, 0.05) is 30.2 Å². The van der Waals surface area contributed by atoms with Gasteiger partial charge in [0.25, 0.3) is 5.91 Å². The van der Waals surface area contributed by atoms with E-state index in [1.807, 2.05) is 30.3 Å². The summed E-state index contributed by atoms with van der Waals surface area (Å²) in [5, 5.41) is 5.27. The summed E-state index contributed by atoms with van der Waals surface area (Å²) in [7, 11) is 0. The minimum absolute atomic E-state index is 0.0829. The number of alkyl carbamates (subject to hydrolysis) is 1. The fourth-order valence-corrected chi connectivity index (χ4v) is 4.60. The Morgan fingerprint density at radius 3 is 2.73 bits per heavy atom. The summed E-state index contributed by atoms with van der Waals surface area (Å²) in [6, 6.07) is 8.39. The Morgan fingerprint density at radius 2 is 2.00 bits per heavy atom. The lowest BCUT2D eigenvalue weighted by molar-refractivity contribution is -0.141. The summed E-state index contributed by atoms with van der Waals surface area (Å²) in [6.07, 6.45) is 0.842. The maximum atomic E-state index is 13.1. The second-order valence-electron chi connectivity index (χ2n) is 8.45. The smallest absolute Gasteiger partial charge is 0.408 e. The predicted molar refractivity (Wildman–Crippen MR) is 124 cm³/mol. The lowest BCUT2D eigenvalue weighted by atomic mass is 9.86. The number of carbonyl (C=O) groups is 4. The van der Waals surface area contributed by atoms with E-state index in [-0.39, 0.29) is 31.1 Å². The monoisotopic (exact) mass is 471 g/mol. The van der Waals surface area contributed by atoms with Crippen LogP contribution in [0.25, 0.3) is 0 Å². The molecular weight excluding hydrogens is 442 g/mol. The van der Waals surface area contributed by atoms with Gasteiger partial charge in [-0.2, -0.15) is 0 Å². The number of benzene rings is 1. The predicted octanol–water partition coefficient (Wildman–Crippen LogP) is 2.84. The van der Waals surface area contributed by atoms with E-state index in [9.17, 15) is 19.2 Å². The molecule has 2 unspecified atom stereocenters. The highest BCUT2D eigenvalue weighted by Gasteiger charge is 2.33. The van der Waals surface area contributed by atoms with Crippen LogP contribution < -0.4 is 10.6 Å². The van der Waals surface area contributed by atoms with Crippen molar-refractivity contribution in [3.05, 3.63) is 52.0 Å². The summed E-state index contributed by atoms with van der Waals surface area (Å²) >= 11 is 1.52. The topological polar surface area (TPSA) is 114 Å². The molecule has 0 aliphatic carbocycles. The van der Waals surface area contributed by atoms with Gasteiger partial charge in [-0.05, 0) is 24.3 Å². The minimum atomic E-state index is -0.838. The number of fused-ring (bicyclic) bond motifs is 1. The lowest BCUT2D eigenvalue weighted by Gasteiger charge is -2.23. The average Bonchev–Trinajstić information content (AvgIpc) is 3.24. The minimum Gasteiger partial charge on any atom is -0.445 e. The number of hydrogen-bond acceptors (Lipinski definition) is 7. The molecule has 1 aromatic carbocycles. The molecule has 2 atom stereocenters. The van der Waals surface area contributed by atoms with Crippen molar-refractivity contribution in [3.63, 3.8) is 0 Å². The van der Waals surface area contributed by atoms with Crippen LogP contribution in [-0.4, -0.2) is 41.1 Å². The maximum absolute atomic E-state index is 13.1. The molecule has 176 valence electrons. The Balaban J connectivity index is 1.67. The van der Waals surface area contributed by atoms with Gasteiger partial charge in [-0.15, -0.1) is 11.3 Å². The molecule has 2 N–H and O–H groups in total. The Bertz CT molecular complexity index is 989. The van der Waals surface area contributed by atoms with Crippen LogP contribution in [0.5, 0.6) is 0 Å². The largest absolute Gasteiger partial charge is 0.445 e. The Kier molecular flexibility index (Phi) is 8.71. The van der Waals surface area contributed by atoms with Crippen LogP contribution in [0.1, 0.15) is 42.8 Å². The van der Waals surface area contributed by atoms with Crippen molar-refractivity contribution in [1.82, 2.24) is 15.6 Å². The van der Waals surface area contributed by atoms with E-state index >= 15 is 0 Å². The van der Waals surface area contributed by atoms with Gasteiger partial charge in [0.05, 0.1) is 17.2 Å². The summed E-state index contributed by atoms with van der Waals surface area (Å²) < 4.78 is 5.25. The van der Waals surface area contributed by atoms with Crippen molar-refractivity contribution in [2.24, 2.45) is 11.8 Å². The van der Waals surface area contributed by atoms with Crippen LogP contribution in [0.2, 0.25) is 0 Å². The zero-order valence-corrected chi connectivity index (χ0v) is 19.7. The number of amides is 2. The molecule has 8 nitrogen and oxygen atoms in total. The van der Waals surface area contributed by atoms with Crippen molar-refractivity contribution in [1.29, 1.82) is 0 Å². The SMILES string of the molecule is CC(C)C(NC(=O)OCc1ccccc1)C(=O)CC1Cc2ncsc2CCCNC(=O)C1=O. The fraction of sp³-hybridized carbons (Fsp3) is 0.458. The van der Waals surface area contributed by atoms with E-state index in [0.717, 1.165) is 29.0 Å². The molecule has 0 bridgehead atoms. The third-order valence-corrected chi connectivity index (χ3v) is 6.51. The van der Waals surface area contributed by atoms with E-state index in [4.69, 9.17) is 4.74 Å². The molecule has 1 aliphatic rings. The Morgan fingerprint density at radius 1 is 1.24 bits per heavy atom. The zero-order valence-electron chi connectivity index (χ0n) is 18.8. The third-order valence-electron chi connectivity index (χ3n) is 5.57. The number of aromatic nitrogens is 1. The van der Waals surface area contributed by atoms with Gasteiger partial charge in [0.15, 0.2) is 5.78 Å². The zero-order chi connectivity index (χ0) is 23.8. The summed E-state index contributed by atoms with van der Waals surface area (Å²) in [5.74, 6) is -2.68. The second-order valence-corrected chi connectivity index (χ2v) is 9.38. The molecule has 9 heteroatoms. The van der Waals surface area contributed by atoms with Crippen molar-refractivity contribution >= 4 is 34.9 Å². The molecule has 1 aromatic heterocycles. The number of ketones is 2.